The molecule has 0 saturated carbocycles. The van der Waals surface area contributed by atoms with Gasteiger partial charge < -0.3 is 0 Å². The van der Waals surface area contributed by atoms with E-state index in [0.717, 1.165) is 6.42 Å². The summed E-state index contributed by atoms with van der Waals surface area (Å²) in [5, 5.41) is 3.21. The highest BCUT2D eigenvalue weighted by atomic mass is 32.1. The van der Waals surface area contributed by atoms with E-state index < -0.39 is 0 Å². The topological polar surface area (TPSA) is 12.9 Å². The predicted octanol–water partition coefficient (Wildman–Crippen LogP) is 3.04. The van der Waals surface area contributed by atoms with Crippen LogP contribution in [0.5, 0.6) is 0 Å². The Balaban J connectivity index is 2.24. The van der Waals surface area contributed by atoms with Crippen LogP contribution >= 0.6 is 11.3 Å². The van der Waals surface area contributed by atoms with Gasteiger partial charge in [0.2, 0.25) is 0 Å². The maximum absolute atomic E-state index is 4.27. The maximum Gasteiger partial charge on any atom is 0.0968 e. The zero-order valence-corrected chi connectivity index (χ0v) is 8.34. The molecule has 66 valence electrons. The van der Waals surface area contributed by atoms with E-state index in [1.165, 1.54) is 16.1 Å². The van der Waals surface area contributed by atoms with Crippen molar-refractivity contribution in [3.63, 3.8) is 0 Å². The molecule has 13 heavy (non-hydrogen) atoms. The number of rotatable bonds is 2. The van der Waals surface area contributed by atoms with Crippen molar-refractivity contribution in [3.05, 3.63) is 52.0 Å². The van der Waals surface area contributed by atoms with E-state index in [2.05, 4.69) is 36.2 Å². The van der Waals surface area contributed by atoms with Crippen LogP contribution in [-0.2, 0) is 6.42 Å². The highest BCUT2D eigenvalue weighted by Crippen LogP contribution is 2.14. The van der Waals surface area contributed by atoms with Crippen molar-refractivity contribution < 1.29 is 0 Å². The molecule has 1 nitrogen and oxygen atoms in total. The summed E-state index contributed by atoms with van der Waals surface area (Å²) in [4.78, 5) is 4.27. The van der Waals surface area contributed by atoms with Crippen LogP contribution in [0, 0.1) is 6.92 Å². The summed E-state index contributed by atoms with van der Waals surface area (Å²) in [5.41, 5.74) is 2.72. The molecule has 1 aromatic carbocycles. The van der Waals surface area contributed by atoms with Gasteiger partial charge in [-0.25, -0.2) is 4.98 Å². The van der Waals surface area contributed by atoms with Crippen molar-refractivity contribution in [2.24, 2.45) is 0 Å². The van der Waals surface area contributed by atoms with E-state index in [9.17, 15) is 0 Å². The molecule has 0 aliphatic carbocycles. The molecule has 0 N–H and O–H groups in total. The van der Waals surface area contributed by atoms with Crippen molar-refractivity contribution in [2.75, 3.05) is 0 Å². The van der Waals surface area contributed by atoms with Gasteiger partial charge in [-0.2, -0.15) is 0 Å². The molecule has 2 aromatic rings. The average molecular weight is 189 g/mol. The lowest BCUT2D eigenvalue weighted by Gasteiger charge is -2.01. The van der Waals surface area contributed by atoms with Crippen molar-refractivity contribution >= 4 is 11.3 Å². The Kier molecular flexibility index (Phi) is 2.41. The summed E-state index contributed by atoms with van der Waals surface area (Å²) in [7, 11) is 0. The zero-order chi connectivity index (χ0) is 9.10. The van der Waals surface area contributed by atoms with E-state index in [0.29, 0.717) is 0 Å². The van der Waals surface area contributed by atoms with Crippen molar-refractivity contribution in [1.82, 2.24) is 4.98 Å². The van der Waals surface area contributed by atoms with E-state index in [1.54, 1.807) is 11.3 Å². The highest BCUT2D eigenvalue weighted by Gasteiger charge is 2.00. The van der Waals surface area contributed by atoms with Gasteiger partial charge in [0.05, 0.1) is 5.01 Å². The normalized spacial score (nSPS) is 10.2. The van der Waals surface area contributed by atoms with Gasteiger partial charge in [0, 0.05) is 18.0 Å². The van der Waals surface area contributed by atoms with Crippen LogP contribution < -0.4 is 0 Å². The van der Waals surface area contributed by atoms with Crippen molar-refractivity contribution in [2.45, 2.75) is 13.3 Å². The van der Waals surface area contributed by atoms with Gasteiger partial charge in [-0.3, -0.25) is 0 Å². The summed E-state index contributed by atoms with van der Waals surface area (Å²) in [5.74, 6) is 0. The molecular formula is C11H11NS. The molecule has 0 atom stereocenters. The van der Waals surface area contributed by atoms with Crippen molar-refractivity contribution in [1.29, 1.82) is 0 Å². The summed E-state index contributed by atoms with van der Waals surface area (Å²) in [6.07, 6.45) is 2.82. The summed E-state index contributed by atoms with van der Waals surface area (Å²) >= 11 is 1.72. The summed E-state index contributed by atoms with van der Waals surface area (Å²) < 4.78 is 0. The molecule has 0 bridgehead atoms. The third kappa shape index (κ3) is 1.95. The molecule has 2 rings (SSSR count). The van der Waals surface area contributed by atoms with Gasteiger partial charge in [-0.15, -0.1) is 11.3 Å². The van der Waals surface area contributed by atoms with E-state index in [4.69, 9.17) is 0 Å². The number of thiazole rings is 1. The molecule has 0 amide bonds. The Morgan fingerprint density at radius 3 is 2.85 bits per heavy atom. The van der Waals surface area contributed by atoms with Gasteiger partial charge in [0.25, 0.3) is 0 Å². The number of benzene rings is 1. The van der Waals surface area contributed by atoms with E-state index in [-0.39, 0.29) is 0 Å². The summed E-state index contributed by atoms with van der Waals surface area (Å²) in [6.45, 7) is 2.14. The van der Waals surface area contributed by atoms with Crippen LogP contribution in [0.15, 0.2) is 35.8 Å². The Morgan fingerprint density at radius 1 is 1.31 bits per heavy atom. The summed E-state index contributed by atoms with van der Waals surface area (Å²) in [6, 6.07) is 8.45. The third-order valence-electron chi connectivity index (χ3n) is 2.09. The quantitative estimate of drug-likeness (QED) is 0.707. The molecule has 1 aromatic heterocycles. The lowest BCUT2D eigenvalue weighted by atomic mass is 10.1. The van der Waals surface area contributed by atoms with Crippen LogP contribution in [-0.4, -0.2) is 4.98 Å². The Hall–Kier alpha value is -1.15. The van der Waals surface area contributed by atoms with Gasteiger partial charge >= 0.3 is 0 Å². The molecule has 0 spiro atoms. The molecule has 0 fully saturated rings. The van der Waals surface area contributed by atoms with Crippen LogP contribution in [0.4, 0.5) is 0 Å². The molecule has 0 aliphatic heterocycles. The minimum atomic E-state index is 0.963. The van der Waals surface area contributed by atoms with Crippen LogP contribution in [0.2, 0.25) is 0 Å². The number of aryl methyl sites for hydroxylation is 1. The van der Waals surface area contributed by atoms with Gasteiger partial charge in [-0.05, 0) is 18.1 Å². The first-order valence-electron chi connectivity index (χ1n) is 4.29. The largest absolute Gasteiger partial charge is 0.249 e. The second-order valence-corrected chi connectivity index (χ2v) is 4.01. The Labute approximate surface area is 82.1 Å². The molecule has 1 heterocycles. The average Bonchev–Trinajstić information content (AvgIpc) is 2.61. The fourth-order valence-corrected chi connectivity index (χ4v) is 1.95. The second kappa shape index (κ2) is 3.71. The first-order valence-corrected chi connectivity index (χ1v) is 5.17. The SMILES string of the molecule is Cc1ccccc1Cc1nccs1. The Morgan fingerprint density at radius 2 is 2.15 bits per heavy atom. The minimum absolute atomic E-state index is 0.963. The van der Waals surface area contributed by atoms with Crippen LogP contribution in [0.3, 0.4) is 0 Å². The smallest absolute Gasteiger partial charge is 0.0968 e. The lowest BCUT2D eigenvalue weighted by Crippen LogP contribution is -1.89. The standard InChI is InChI=1S/C11H11NS/c1-9-4-2-3-5-10(9)8-11-12-6-7-13-11/h2-7H,8H2,1H3. The van der Waals surface area contributed by atoms with E-state index >= 15 is 0 Å². The number of hydrogen-bond donors (Lipinski definition) is 0. The monoisotopic (exact) mass is 189 g/mol. The number of hydrogen-bond acceptors (Lipinski definition) is 2. The first kappa shape index (κ1) is 8.45. The second-order valence-electron chi connectivity index (χ2n) is 3.03. The minimum Gasteiger partial charge on any atom is -0.249 e. The molecule has 0 saturated heterocycles. The van der Waals surface area contributed by atoms with Gasteiger partial charge in [0.1, 0.15) is 0 Å². The molecular weight excluding hydrogens is 178 g/mol. The first-order chi connectivity index (χ1) is 6.36. The van der Waals surface area contributed by atoms with E-state index in [1.807, 2.05) is 11.6 Å². The Bertz CT molecular complexity index is 379. The predicted molar refractivity (Wildman–Crippen MR) is 56.1 cm³/mol. The lowest BCUT2D eigenvalue weighted by molar-refractivity contribution is 1.11. The van der Waals surface area contributed by atoms with Crippen LogP contribution in [0.1, 0.15) is 16.1 Å². The fraction of sp³-hybridized carbons (Fsp3) is 0.182. The van der Waals surface area contributed by atoms with Crippen molar-refractivity contribution in [3.8, 4) is 0 Å². The zero-order valence-electron chi connectivity index (χ0n) is 7.53. The molecule has 0 radical (unpaired) electrons. The maximum atomic E-state index is 4.27. The highest BCUT2D eigenvalue weighted by molar-refractivity contribution is 7.09. The fourth-order valence-electron chi connectivity index (χ4n) is 1.31. The molecule has 2 heteroatoms. The van der Waals surface area contributed by atoms with Gasteiger partial charge in [0.15, 0.2) is 0 Å². The van der Waals surface area contributed by atoms with Crippen LogP contribution in [0.25, 0.3) is 0 Å². The number of aromatic nitrogens is 1. The third-order valence-corrected chi connectivity index (χ3v) is 2.87. The van der Waals surface area contributed by atoms with Gasteiger partial charge in [-0.1, -0.05) is 24.3 Å². The molecule has 0 aliphatic rings. The number of nitrogens with zero attached hydrogens (tertiary/aromatic N) is 1. The molecule has 0 unspecified atom stereocenters.